The molecule has 2 heterocycles. The largest absolute Gasteiger partial charge is 0.481 e. The first-order chi connectivity index (χ1) is 18.4. The van der Waals surface area contributed by atoms with E-state index in [4.69, 9.17) is 4.74 Å². The van der Waals surface area contributed by atoms with E-state index in [0.29, 0.717) is 44.5 Å². The SMILES string of the molecule is CC[C@@H](Oc1ccc2c(c1)[C@@H](c1cccc(F)c1)N(C(=O)CC(C)C)CC2)C(=O)NCCc1ccccn1. The van der Waals surface area contributed by atoms with E-state index in [2.05, 4.69) is 10.3 Å². The predicted molar refractivity (Wildman–Crippen MR) is 145 cm³/mol. The molecule has 0 fully saturated rings. The molecule has 0 radical (unpaired) electrons. The molecule has 0 bridgehead atoms. The summed E-state index contributed by atoms with van der Waals surface area (Å²) in [5, 5.41) is 2.95. The average molecular weight is 518 g/mol. The van der Waals surface area contributed by atoms with E-state index in [1.54, 1.807) is 12.3 Å². The van der Waals surface area contributed by atoms with E-state index in [-0.39, 0.29) is 23.5 Å². The molecule has 1 aromatic heterocycles. The molecule has 3 aromatic rings. The summed E-state index contributed by atoms with van der Waals surface area (Å²) < 4.78 is 20.4. The molecule has 1 N–H and O–H groups in total. The number of amides is 2. The van der Waals surface area contributed by atoms with Crippen LogP contribution in [-0.2, 0) is 22.4 Å². The van der Waals surface area contributed by atoms with Gasteiger partial charge in [-0.05, 0) is 71.8 Å². The Balaban J connectivity index is 1.54. The third kappa shape index (κ3) is 6.77. The summed E-state index contributed by atoms with van der Waals surface area (Å²) in [5.41, 5.74) is 3.63. The Kier molecular flexibility index (Phi) is 9.10. The Hall–Kier alpha value is -3.74. The topological polar surface area (TPSA) is 71.5 Å². The third-order valence-electron chi connectivity index (χ3n) is 6.76. The van der Waals surface area contributed by atoms with Gasteiger partial charge < -0.3 is 15.0 Å². The van der Waals surface area contributed by atoms with Crippen LogP contribution in [0.15, 0.2) is 66.9 Å². The van der Waals surface area contributed by atoms with E-state index >= 15 is 0 Å². The fourth-order valence-electron chi connectivity index (χ4n) is 4.90. The highest BCUT2D eigenvalue weighted by Gasteiger charge is 2.33. The van der Waals surface area contributed by atoms with Gasteiger partial charge in [-0.25, -0.2) is 4.39 Å². The quantitative estimate of drug-likeness (QED) is 0.398. The monoisotopic (exact) mass is 517 g/mol. The van der Waals surface area contributed by atoms with Crippen molar-refractivity contribution in [2.45, 2.75) is 58.6 Å². The van der Waals surface area contributed by atoms with E-state index in [1.165, 1.54) is 12.1 Å². The van der Waals surface area contributed by atoms with Crippen LogP contribution >= 0.6 is 0 Å². The van der Waals surface area contributed by atoms with Crippen LogP contribution in [-0.4, -0.2) is 40.9 Å². The molecule has 2 atom stereocenters. The summed E-state index contributed by atoms with van der Waals surface area (Å²) in [6, 6.07) is 17.5. The van der Waals surface area contributed by atoms with Crippen LogP contribution in [0, 0.1) is 11.7 Å². The summed E-state index contributed by atoms with van der Waals surface area (Å²) in [4.78, 5) is 32.2. The van der Waals surface area contributed by atoms with E-state index in [1.807, 2.05) is 68.1 Å². The molecule has 0 saturated heterocycles. The van der Waals surface area contributed by atoms with Gasteiger partial charge in [0.15, 0.2) is 6.10 Å². The predicted octanol–water partition coefficient (Wildman–Crippen LogP) is 5.26. The van der Waals surface area contributed by atoms with Crippen molar-refractivity contribution < 1.29 is 18.7 Å². The van der Waals surface area contributed by atoms with E-state index < -0.39 is 12.1 Å². The molecule has 7 heteroatoms. The number of nitrogens with zero attached hydrogens (tertiary/aromatic N) is 2. The number of benzene rings is 2. The van der Waals surface area contributed by atoms with Gasteiger partial charge in [-0.3, -0.25) is 14.6 Å². The number of hydrogen-bond acceptors (Lipinski definition) is 4. The lowest BCUT2D eigenvalue weighted by atomic mass is 9.87. The zero-order valence-corrected chi connectivity index (χ0v) is 22.3. The lowest BCUT2D eigenvalue weighted by Gasteiger charge is -2.38. The second-order valence-electron chi connectivity index (χ2n) is 10.1. The summed E-state index contributed by atoms with van der Waals surface area (Å²) in [6.07, 6.45) is 3.34. The molecule has 1 aliphatic heterocycles. The van der Waals surface area contributed by atoms with Crippen molar-refractivity contribution >= 4 is 11.8 Å². The van der Waals surface area contributed by atoms with Crippen molar-refractivity contribution in [3.63, 3.8) is 0 Å². The molecule has 38 heavy (non-hydrogen) atoms. The number of carbonyl (C=O) groups excluding carboxylic acids is 2. The Morgan fingerprint density at radius 3 is 2.68 bits per heavy atom. The number of pyridine rings is 1. The molecule has 200 valence electrons. The first-order valence-corrected chi connectivity index (χ1v) is 13.4. The van der Waals surface area contributed by atoms with Crippen molar-refractivity contribution in [3.05, 3.63) is 95.1 Å². The molecular weight excluding hydrogens is 481 g/mol. The maximum absolute atomic E-state index is 14.3. The minimum absolute atomic E-state index is 0.0463. The summed E-state index contributed by atoms with van der Waals surface area (Å²) in [6.45, 7) is 6.98. The fraction of sp³-hybridized carbons (Fsp3) is 0.387. The van der Waals surface area contributed by atoms with Gasteiger partial charge in [-0.2, -0.15) is 0 Å². The smallest absolute Gasteiger partial charge is 0.261 e. The van der Waals surface area contributed by atoms with Crippen LogP contribution in [0.4, 0.5) is 4.39 Å². The number of carbonyl (C=O) groups is 2. The van der Waals surface area contributed by atoms with Crippen molar-refractivity contribution in [2.75, 3.05) is 13.1 Å². The first kappa shape index (κ1) is 27.3. The second-order valence-corrected chi connectivity index (χ2v) is 10.1. The molecule has 0 spiro atoms. The standard InChI is InChI=1S/C31H36FN3O3/c1-4-28(31(37)34-16-13-25-10-5-6-15-33-25)38-26-12-11-22-14-17-35(29(36)18-21(2)3)30(27(22)20-26)23-8-7-9-24(32)19-23/h5-12,15,19-21,28,30H,4,13-14,16-18H2,1-3H3,(H,34,37)/t28-,30-/m1/s1. The van der Waals surface area contributed by atoms with Gasteiger partial charge in [0.25, 0.3) is 5.91 Å². The molecule has 6 nitrogen and oxygen atoms in total. The number of rotatable bonds is 10. The lowest BCUT2D eigenvalue weighted by Crippen LogP contribution is -2.41. The first-order valence-electron chi connectivity index (χ1n) is 13.4. The Morgan fingerprint density at radius 2 is 1.97 bits per heavy atom. The maximum atomic E-state index is 14.3. The highest BCUT2D eigenvalue weighted by molar-refractivity contribution is 5.81. The van der Waals surface area contributed by atoms with Gasteiger partial charge in [0, 0.05) is 37.8 Å². The zero-order valence-electron chi connectivity index (χ0n) is 22.3. The number of hydrogen-bond donors (Lipinski definition) is 1. The maximum Gasteiger partial charge on any atom is 0.261 e. The highest BCUT2D eigenvalue weighted by Crippen LogP contribution is 2.38. The molecule has 4 rings (SSSR count). The lowest BCUT2D eigenvalue weighted by molar-refractivity contribution is -0.134. The second kappa shape index (κ2) is 12.7. The minimum atomic E-state index is -0.660. The molecular formula is C31H36FN3O3. The number of halogens is 1. The molecule has 0 unspecified atom stereocenters. The number of nitrogens with one attached hydrogen (secondary N) is 1. The van der Waals surface area contributed by atoms with E-state index in [9.17, 15) is 14.0 Å². The van der Waals surface area contributed by atoms with Gasteiger partial charge in [-0.1, -0.05) is 45.0 Å². The average Bonchev–Trinajstić information content (AvgIpc) is 2.91. The fourth-order valence-corrected chi connectivity index (χ4v) is 4.90. The highest BCUT2D eigenvalue weighted by atomic mass is 19.1. The van der Waals surface area contributed by atoms with Gasteiger partial charge in [0.05, 0.1) is 6.04 Å². The van der Waals surface area contributed by atoms with Gasteiger partial charge in [0.1, 0.15) is 11.6 Å². The summed E-state index contributed by atoms with van der Waals surface area (Å²) >= 11 is 0. The number of ether oxygens (including phenoxy) is 1. The van der Waals surface area contributed by atoms with Crippen LogP contribution in [0.3, 0.4) is 0 Å². The number of aromatic nitrogens is 1. The minimum Gasteiger partial charge on any atom is -0.481 e. The Morgan fingerprint density at radius 1 is 1.13 bits per heavy atom. The van der Waals surface area contributed by atoms with E-state index in [0.717, 1.165) is 22.4 Å². The van der Waals surface area contributed by atoms with Crippen molar-refractivity contribution in [3.8, 4) is 5.75 Å². The normalized spacial score (nSPS) is 15.6. The van der Waals surface area contributed by atoms with Crippen LogP contribution in [0.2, 0.25) is 0 Å². The summed E-state index contributed by atoms with van der Waals surface area (Å²) in [5.74, 6) is 0.288. The van der Waals surface area contributed by atoms with Crippen LogP contribution in [0.5, 0.6) is 5.75 Å². The van der Waals surface area contributed by atoms with Crippen molar-refractivity contribution in [1.82, 2.24) is 15.2 Å². The number of fused-ring (bicyclic) bond motifs is 1. The van der Waals surface area contributed by atoms with Gasteiger partial charge >= 0.3 is 0 Å². The molecule has 0 aliphatic carbocycles. The Labute approximate surface area is 224 Å². The molecule has 2 aromatic carbocycles. The molecule has 1 aliphatic rings. The van der Waals surface area contributed by atoms with Crippen LogP contribution < -0.4 is 10.1 Å². The van der Waals surface area contributed by atoms with Crippen molar-refractivity contribution in [2.24, 2.45) is 5.92 Å². The third-order valence-corrected chi connectivity index (χ3v) is 6.76. The molecule has 0 saturated carbocycles. The van der Waals surface area contributed by atoms with Crippen molar-refractivity contribution in [1.29, 1.82) is 0 Å². The summed E-state index contributed by atoms with van der Waals surface area (Å²) in [7, 11) is 0. The van der Waals surface area contributed by atoms with Gasteiger partial charge in [-0.15, -0.1) is 0 Å². The zero-order chi connectivity index (χ0) is 27.1. The van der Waals surface area contributed by atoms with Crippen LogP contribution in [0.1, 0.15) is 62.0 Å². The van der Waals surface area contributed by atoms with Crippen LogP contribution in [0.25, 0.3) is 0 Å². The molecule has 2 amide bonds. The Bertz CT molecular complexity index is 1250. The van der Waals surface area contributed by atoms with Gasteiger partial charge in [0.2, 0.25) is 5.91 Å².